The fourth-order valence-electron chi connectivity index (χ4n) is 1.81. The molecular formula is C14H14Cl2N2O3S2. The van der Waals surface area contributed by atoms with Gasteiger partial charge in [0.1, 0.15) is 9.23 Å². The van der Waals surface area contributed by atoms with Gasteiger partial charge in [0.05, 0.1) is 15.6 Å². The summed E-state index contributed by atoms with van der Waals surface area (Å²) in [6.07, 6.45) is 0.780. The van der Waals surface area contributed by atoms with Gasteiger partial charge >= 0.3 is 0 Å². The van der Waals surface area contributed by atoms with Crippen LogP contribution in [0.1, 0.15) is 23.7 Å². The number of sulfonamides is 1. The molecular weight excluding hydrogens is 379 g/mol. The number of benzene rings is 1. The van der Waals surface area contributed by atoms with Crippen molar-refractivity contribution in [2.45, 2.75) is 18.2 Å². The summed E-state index contributed by atoms with van der Waals surface area (Å²) in [4.78, 5) is 12.0. The summed E-state index contributed by atoms with van der Waals surface area (Å²) in [5, 5.41) is 2.71. The van der Waals surface area contributed by atoms with Crippen molar-refractivity contribution in [3.05, 3.63) is 44.6 Å². The molecule has 0 saturated heterocycles. The highest BCUT2D eigenvalue weighted by atomic mass is 35.5. The van der Waals surface area contributed by atoms with Gasteiger partial charge < -0.3 is 5.32 Å². The molecule has 9 heteroatoms. The summed E-state index contributed by atoms with van der Waals surface area (Å²) in [6, 6.07) is 7.63. The van der Waals surface area contributed by atoms with Crippen LogP contribution in [0.25, 0.3) is 0 Å². The Morgan fingerprint density at radius 1 is 1.26 bits per heavy atom. The second kappa shape index (κ2) is 7.53. The number of carbonyl (C=O) groups excluding carboxylic acids is 1. The van der Waals surface area contributed by atoms with E-state index in [4.69, 9.17) is 23.2 Å². The molecule has 1 aromatic carbocycles. The molecule has 0 spiro atoms. The minimum Gasteiger partial charge on any atom is -0.352 e. The third kappa shape index (κ3) is 4.38. The fourth-order valence-corrected chi connectivity index (χ4v) is 5.04. The van der Waals surface area contributed by atoms with Crippen molar-refractivity contribution >= 4 is 56.2 Å². The lowest BCUT2D eigenvalue weighted by Crippen LogP contribution is -2.25. The fraction of sp³-hybridized carbons (Fsp3) is 0.214. The van der Waals surface area contributed by atoms with Crippen molar-refractivity contribution in [2.24, 2.45) is 0 Å². The zero-order chi connectivity index (χ0) is 17.0. The maximum Gasteiger partial charge on any atom is 0.264 e. The van der Waals surface area contributed by atoms with E-state index < -0.39 is 10.0 Å². The number of amides is 1. The minimum atomic E-state index is -3.94. The van der Waals surface area contributed by atoms with Crippen LogP contribution < -0.4 is 10.0 Å². The molecule has 0 saturated carbocycles. The molecule has 0 fully saturated rings. The van der Waals surface area contributed by atoms with Gasteiger partial charge in [-0.15, -0.1) is 11.3 Å². The first-order valence-electron chi connectivity index (χ1n) is 6.70. The van der Waals surface area contributed by atoms with Crippen LogP contribution >= 0.6 is 34.5 Å². The first kappa shape index (κ1) is 18.1. The molecule has 1 aromatic heterocycles. The van der Waals surface area contributed by atoms with E-state index in [1.807, 2.05) is 6.92 Å². The van der Waals surface area contributed by atoms with Crippen molar-refractivity contribution in [1.82, 2.24) is 5.32 Å². The molecule has 0 unspecified atom stereocenters. The molecule has 124 valence electrons. The molecule has 23 heavy (non-hydrogen) atoms. The zero-order valence-corrected chi connectivity index (χ0v) is 15.2. The highest BCUT2D eigenvalue weighted by Gasteiger charge is 2.23. The molecule has 0 atom stereocenters. The van der Waals surface area contributed by atoms with Gasteiger partial charge in [-0.05, 0) is 24.6 Å². The Bertz CT molecular complexity index is 819. The molecule has 2 N–H and O–H groups in total. The molecule has 0 aliphatic carbocycles. The maximum absolute atomic E-state index is 12.4. The van der Waals surface area contributed by atoms with Gasteiger partial charge in [0, 0.05) is 6.54 Å². The third-order valence-electron chi connectivity index (χ3n) is 2.87. The summed E-state index contributed by atoms with van der Waals surface area (Å²) in [6.45, 7) is 2.43. The van der Waals surface area contributed by atoms with Crippen LogP contribution in [-0.4, -0.2) is 20.9 Å². The SMILES string of the molecule is CCCNC(=O)c1ccccc1NS(=O)(=O)c1cc(Cl)sc1Cl. The van der Waals surface area contributed by atoms with Gasteiger partial charge in [0.2, 0.25) is 0 Å². The van der Waals surface area contributed by atoms with Crippen molar-refractivity contribution in [2.75, 3.05) is 11.3 Å². The second-order valence-electron chi connectivity index (χ2n) is 4.60. The highest BCUT2D eigenvalue weighted by molar-refractivity contribution is 7.93. The lowest BCUT2D eigenvalue weighted by atomic mass is 10.1. The molecule has 5 nitrogen and oxygen atoms in total. The van der Waals surface area contributed by atoms with Crippen LogP contribution in [0, 0.1) is 0 Å². The number of halogens is 2. The Morgan fingerprint density at radius 3 is 2.57 bits per heavy atom. The third-order valence-corrected chi connectivity index (χ3v) is 5.98. The summed E-state index contributed by atoms with van der Waals surface area (Å²) >= 11 is 12.7. The molecule has 1 amide bonds. The lowest BCUT2D eigenvalue weighted by molar-refractivity contribution is 0.0954. The number of nitrogens with one attached hydrogen (secondary N) is 2. The number of para-hydroxylation sites is 1. The Labute approximate surface area is 148 Å². The minimum absolute atomic E-state index is 0.0652. The summed E-state index contributed by atoms with van der Waals surface area (Å²) in [5.41, 5.74) is 0.418. The lowest BCUT2D eigenvalue weighted by Gasteiger charge is -2.12. The number of rotatable bonds is 6. The van der Waals surface area contributed by atoms with Gasteiger partial charge in [-0.25, -0.2) is 8.42 Å². The highest BCUT2D eigenvalue weighted by Crippen LogP contribution is 2.35. The van der Waals surface area contributed by atoms with Crippen molar-refractivity contribution in [3.63, 3.8) is 0 Å². The maximum atomic E-state index is 12.4. The quantitative estimate of drug-likeness (QED) is 0.779. The normalized spacial score (nSPS) is 11.3. The van der Waals surface area contributed by atoms with E-state index in [2.05, 4.69) is 10.0 Å². The van der Waals surface area contributed by atoms with Crippen LogP contribution in [-0.2, 0) is 10.0 Å². The van der Waals surface area contributed by atoms with E-state index in [-0.39, 0.29) is 30.7 Å². The Kier molecular flexibility index (Phi) is 5.91. The van der Waals surface area contributed by atoms with E-state index in [0.717, 1.165) is 17.8 Å². The summed E-state index contributed by atoms with van der Waals surface area (Å²) in [5.74, 6) is -0.348. The van der Waals surface area contributed by atoms with Crippen LogP contribution in [0.2, 0.25) is 8.67 Å². The molecule has 2 aromatic rings. The van der Waals surface area contributed by atoms with Crippen LogP contribution in [0.4, 0.5) is 5.69 Å². The molecule has 0 aliphatic heterocycles. The molecule has 2 rings (SSSR count). The Morgan fingerprint density at radius 2 is 1.96 bits per heavy atom. The average Bonchev–Trinajstić information content (AvgIpc) is 2.84. The number of anilines is 1. The van der Waals surface area contributed by atoms with Crippen molar-refractivity contribution < 1.29 is 13.2 Å². The predicted octanol–water partition coefficient (Wildman–Crippen LogP) is 4.00. The topological polar surface area (TPSA) is 75.3 Å². The number of thiophene rings is 1. The van der Waals surface area contributed by atoms with E-state index in [0.29, 0.717) is 6.54 Å². The molecule has 1 heterocycles. The van der Waals surface area contributed by atoms with Gasteiger partial charge in [0.15, 0.2) is 0 Å². The Hall–Kier alpha value is -1.28. The summed E-state index contributed by atoms with van der Waals surface area (Å²) < 4.78 is 27.6. The zero-order valence-electron chi connectivity index (χ0n) is 12.1. The van der Waals surface area contributed by atoms with Crippen LogP contribution in [0.3, 0.4) is 0 Å². The number of carbonyl (C=O) groups is 1. The van der Waals surface area contributed by atoms with Crippen molar-refractivity contribution in [1.29, 1.82) is 0 Å². The van der Waals surface area contributed by atoms with Gasteiger partial charge in [0.25, 0.3) is 15.9 Å². The van der Waals surface area contributed by atoms with Gasteiger partial charge in [-0.2, -0.15) is 0 Å². The van der Waals surface area contributed by atoms with E-state index in [1.165, 1.54) is 12.1 Å². The van der Waals surface area contributed by atoms with E-state index in [9.17, 15) is 13.2 Å². The first-order valence-corrected chi connectivity index (χ1v) is 9.75. The molecule has 0 aliphatic rings. The predicted molar refractivity (Wildman–Crippen MR) is 94.2 cm³/mol. The monoisotopic (exact) mass is 392 g/mol. The average molecular weight is 393 g/mol. The van der Waals surface area contributed by atoms with E-state index in [1.54, 1.807) is 18.2 Å². The van der Waals surface area contributed by atoms with Crippen LogP contribution in [0.15, 0.2) is 35.2 Å². The van der Waals surface area contributed by atoms with Crippen LogP contribution in [0.5, 0.6) is 0 Å². The van der Waals surface area contributed by atoms with Gasteiger partial charge in [-0.3, -0.25) is 9.52 Å². The first-order chi connectivity index (χ1) is 10.8. The Balaban J connectivity index is 2.33. The van der Waals surface area contributed by atoms with Crippen molar-refractivity contribution in [3.8, 4) is 0 Å². The largest absolute Gasteiger partial charge is 0.352 e. The van der Waals surface area contributed by atoms with Gasteiger partial charge in [-0.1, -0.05) is 42.3 Å². The standard InChI is InChI=1S/C14H14Cl2N2O3S2/c1-2-7-17-14(19)9-5-3-4-6-10(9)18-23(20,21)11-8-12(15)22-13(11)16/h3-6,8,18H,2,7H2,1H3,(H,17,19). The molecule has 0 radical (unpaired) electrons. The summed E-state index contributed by atoms with van der Waals surface area (Å²) in [7, 11) is -3.94. The number of hydrogen-bond donors (Lipinski definition) is 2. The number of hydrogen-bond acceptors (Lipinski definition) is 4. The smallest absolute Gasteiger partial charge is 0.264 e. The second-order valence-corrected chi connectivity index (χ2v) is 8.53. The molecule has 0 bridgehead atoms. The van der Waals surface area contributed by atoms with E-state index >= 15 is 0 Å².